The molecular weight excluding hydrogens is 222 g/mol. The molecule has 100 valence electrons. The summed E-state index contributed by atoms with van der Waals surface area (Å²) in [5, 5.41) is 0. The molecule has 0 heterocycles. The number of hydrogen-bond acceptors (Lipinski definition) is 1. The van der Waals surface area contributed by atoms with E-state index in [4.69, 9.17) is 0 Å². The molecule has 0 aliphatic heterocycles. The van der Waals surface area contributed by atoms with Gasteiger partial charge in [-0.25, -0.2) is 0 Å². The lowest BCUT2D eigenvalue weighted by Crippen LogP contribution is -2.38. The van der Waals surface area contributed by atoms with Crippen LogP contribution in [-0.2, 0) is 0 Å². The fourth-order valence-electron chi connectivity index (χ4n) is 1.80. The van der Waals surface area contributed by atoms with Gasteiger partial charge in [-0.05, 0) is 37.8 Å². The first-order chi connectivity index (χ1) is 8.31. The summed E-state index contributed by atoms with van der Waals surface area (Å²) in [6.07, 6.45) is 1.02. The standard InChI is InChI=1S/C16H25NO/c1-13(2)17(12-11-16(3,4)5)15(18)14-9-7-6-8-10-14/h6-10,13H,11-12H2,1-5H3. The molecule has 1 aromatic carbocycles. The highest BCUT2D eigenvalue weighted by atomic mass is 16.2. The molecule has 0 saturated carbocycles. The molecule has 0 bridgehead atoms. The van der Waals surface area contributed by atoms with E-state index in [1.54, 1.807) is 0 Å². The summed E-state index contributed by atoms with van der Waals surface area (Å²) < 4.78 is 0. The molecule has 0 aliphatic rings. The van der Waals surface area contributed by atoms with E-state index in [1.807, 2.05) is 35.2 Å². The van der Waals surface area contributed by atoms with Crippen LogP contribution in [-0.4, -0.2) is 23.4 Å². The zero-order valence-corrected chi connectivity index (χ0v) is 12.2. The van der Waals surface area contributed by atoms with Crippen LogP contribution in [0.4, 0.5) is 0 Å². The number of benzene rings is 1. The van der Waals surface area contributed by atoms with E-state index in [-0.39, 0.29) is 17.4 Å². The Morgan fingerprint density at radius 3 is 2.17 bits per heavy atom. The molecule has 0 N–H and O–H groups in total. The predicted octanol–water partition coefficient (Wildman–Crippen LogP) is 3.97. The fraction of sp³-hybridized carbons (Fsp3) is 0.562. The summed E-state index contributed by atoms with van der Waals surface area (Å²) in [5.41, 5.74) is 1.03. The van der Waals surface area contributed by atoms with Crippen LogP contribution in [0.2, 0.25) is 0 Å². The summed E-state index contributed by atoms with van der Waals surface area (Å²) >= 11 is 0. The molecular formula is C16H25NO. The second-order valence-corrected chi connectivity index (χ2v) is 6.27. The van der Waals surface area contributed by atoms with Crippen LogP contribution in [0.5, 0.6) is 0 Å². The predicted molar refractivity (Wildman–Crippen MR) is 76.7 cm³/mol. The highest BCUT2D eigenvalue weighted by Gasteiger charge is 2.20. The Labute approximate surface area is 111 Å². The first-order valence-corrected chi connectivity index (χ1v) is 6.67. The monoisotopic (exact) mass is 247 g/mol. The molecule has 1 amide bonds. The van der Waals surface area contributed by atoms with Crippen molar-refractivity contribution in [3.05, 3.63) is 35.9 Å². The zero-order chi connectivity index (χ0) is 13.8. The van der Waals surface area contributed by atoms with Crippen LogP contribution in [0, 0.1) is 5.41 Å². The molecule has 0 radical (unpaired) electrons. The fourth-order valence-corrected chi connectivity index (χ4v) is 1.80. The molecule has 1 aromatic rings. The normalized spacial score (nSPS) is 11.7. The van der Waals surface area contributed by atoms with Crippen molar-refractivity contribution in [1.29, 1.82) is 0 Å². The van der Waals surface area contributed by atoms with Gasteiger partial charge in [0.2, 0.25) is 0 Å². The second kappa shape index (κ2) is 6.03. The lowest BCUT2D eigenvalue weighted by Gasteiger charge is -2.30. The minimum atomic E-state index is 0.134. The smallest absolute Gasteiger partial charge is 0.254 e. The van der Waals surface area contributed by atoms with Gasteiger partial charge in [-0.15, -0.1) is 0 Å². The van der Waals surface area contributed by atoms with Gasteiger partial charge in [0.15, 0.2) is 0 Å². The van der Waals surface area contributed by atoms with E-state index in [9.17, 15) is 4.79 Å². The van der Waals surface area contributed by atoms with Crippen LogP contribution in [0.15, 0.2) is 30.3 Å². The van der Waals surface area contributed by atoms with Crippen molar-refractivity contribution >= 4 is 5.91 Å². The van der Waals surface area contributed by atoms with Gasteiger partial charge >= 0.3 is 0 Å². The average Bonchev–Trinajstić information content (AvgIpc) is 2.28. The van der Waals surface area contributed by atoms with Crippen LogP contribution in [0.25, 0.3) is 0 Å². The highest BCUT2D eigenvalue weighted by molar-refractivity contribution is 5.94. The molecule has 0 unspecified atom stereocenters. The van der Waals surface area contributed by atoms with Crippen LogP contribution < -0.4 is 0 Å². The van der Waals surface area contributed by atoms with Gasteiger partial charge < -0.3 is 4.90 Å². The zero-order valence-electron chi connectivity index (χ0n) is 12.2. The Balaban J connectivity index is 2.77. The third kappa shape index (κ3) is 4.52. The third-order valence-electron chi connectivity index (χ3n) is 3.01. The maximum Gasteiger partial charge on any atom is 0.254 e. The SMILES string of the molecule is CC(C)N(CCC(C)(C)C)C(=O)c1ccccc1. The lowest BCUT2D eigenvalue weighted by molar-refractivity contribution is 0.0684. The molecule has 1 rings (SSSR count). The quantitative estimate of drug-likeness (QED) is 0.788. The van der Waals surface area contributed by atoms with E-state index < -0.39 is 0 Å². The van der Waals surface area contributed by atoms with Gasteiger partial charge in [-0.3, -0.25) is 4.79 Å². The Bertz CT molecular complexity index is 376. The van der Waals surface area contributed by atoms with Gasteiger partial charge in [0.1, 0.15) is 0 Å². The van der Waals surface area contributed by atoms with Crippen molar-refractivity contribution in [3.8, 4) is 0 Å². The van der Waals surface area contributed by atoms with Crippen LogP contribution in [0.1, 0.15) is 51.4 Å². The minimum Gasteiger partial charge on any atom is -0.336 e. The molecule has 0 fully saturated rings. The second-order valence-electron chi connectivity index (χ2n) is 6.27. The Hall–Kier alpha value is -1.31. The molecule has 0 atom stereocenters. The van der Waals surface area contributed by atoms with Gasteiger partial charge in [0.25, 0.3) is 5.91 Å². The van der Waals surface area contributed by atoms with E-state index in [0.717, 1.165) is 18.5 Å². The average molecular weight is 247 g/mol. The summed E-state index contributed by atoms with van der Waals surface area (Å²) in [7, 11) is 0. The minimum absolute atomic E-state index is 0.134. The summed E-state index contributed by atoms with van der Waals surface area (Å²) in [4.78, 5) is 14.4. The number of nitrogens with zero attached hydrogens (tertiary/aromatic N) is 1. The Kier molecular flexibility index (Phi) is 4.94. The van der Waals surface area contributed by atoms with Crippen molar-refractivity contribution < 1.29 is 4.79 Å². The van der Waals surface area contributed by atoms with Crippen molar-refractivity contribution in [2.75, 3.05) is 6.54 Å². The van der Waals surface area contributed by atoms with Crippen molar-refractivity contribution in [3.63, 3.8) is 0 Å². The maximum atomic E-state index is 12.4. The molecule has 2 heteroatoms. The van der Waals surface area contributed by atoms with Gasteiger partial charge in [0.05, 0.1) is 0 Å². The van der Waals surface area contributed by atoms with Crippen molar-refractivity contribution in [2.45, 2.75) is 47.1 Å². The molecule has 18 heavy (non-hydrogen) atoms. The summed E-state index contributed by atoms with van der Waals surface area (Å²) in [6.45, 7) is 11.6. The molecule has 0 aromatic heterocycles. The molecule has 0 aliphatic carbocycles. The third-order valence-corrected chi connectivity index (χ3v) is 3.01. The number of amides is 1. The lowest BCUT2D eigenvalue weighted by atomic mass is 9.92. The molecule has 2 nitrogen and oxygen atoms in total. The molecule has 0 saturated heterocycles. The largest absolute Gasteiger partial charge is 0.336 e. The van der Waals surface area contributed by atoms with Gasteiger partial charge in [0, 0.05) is 18.2 Å². The summed E-state index contributed by atoms with van der Waals surface area (Å²) in [5.74, 6) is 0.134. The van der Waals surface area contributed by atoms with Crippen molar-refractivity contribution in [1.82, 2.24) is 4.90 Å². The number of carbonyl (C=O) groups is 1. The van der Waals surface area contributed by atoms with Crippen LogP contribution >= 0.6 is 0 Å². The first-order valence-electron chi connectivity index (χ1n) is 6.67. The van der Waals surface area contributed by atoms with E-state index in [0.29, 0.717) is 0 Å². The van der Waals surface area contributed by atoms with Crippen molar-refractivity contribution in [2.24, 2.45) is 5.41 Å². The highest BCUT2D eigenvalue weighted by Crippen LogP contribution is 2.20. The van der Waals surface area contributed by atoms with E-state index in [1.165, 1.54) is 0 Å². The Morgan fingerprint density at radius 1 is 1.17 bits per heavy atom. The Morgan fingerprint density at radius 2 is 1.72 bits per heavy atom. The van der Waals surface area contributed by atoms with Gasteiger partial charge in [-0.1, -0.05) is 39.0 Å². The first kappa shape index (κ1) is 14.7. The van der Waals surface area contributed by atoms with Gasteiger partial charge in [-0.2, -0.15) is 0 Å². The number of hydrogen-bond donors (Lipinski definition) is 0. The summed E-state index contributed by atoms with van der Waals surface area (Å²) in [6, 6.07) is 9.76. The molecule has 0 spiro atoms. The number of rotatable bonds is 4. The topological polar surface area (TPSA) is 20.3 Å². The number of carbonyl (C=O) groups excluding carboxylic acids is 1. The van der Waals surface area contributed by atoms with Crippen LogP contribution in [0.3, 0.4) is 0 Å². The maximum absolute atomic E-state index is 12.4. The van der Waals surface area contributed by atoms with E-state index in [2.05, 4.69) is 34.6 Å². The van der Waals surface area contributed by atoms with E-state index >= 15 is 0 Å².